The fourth-order valence-electron chi connectivity index (χ4n) is 4.09. The monoisotopic (exact) mass is 444 g/mol. The third kappa shape index (κ3) is 5.20. The summed E-state index contributed by atoms with van der Waals surface area (Å²) in [6.07, 6.45) is 0.909. The van der Waals surface area contributed by atoms with Crippen LogP contribution >= 0.6 is 0 Å². The van der Waals surface area contributed by atoms with Crippen molar-refractivity contribution < 1.29 is 23.9 Å². The van der Waals surface area contributed by atoms with Gasteiger partial charge in [0.1, 0.15) is 5.75 Å². The van der Waals surface area contributed by atoms with Gasteiger partial charge >= 0.3 is 0 Å². The molecular weight excluding hydrogens is 412 g/mol. The summed E-state index contributed by atoms with van der Waals surface area (Å²) in [7, 11) is 1.50. The van der Waals surface area contributed by atoms with E-state index >= 15 is 0 Å². The van der Waals surface area contributed by atoms with Crippen molar-refractivity contribution in [2.24, 2.45) is 0 Å². The largest absolute Gasteiger partial charge is 0.497 e. The molecule has 174 valence electrons. The van der Waals surface area contributed by atoms with Gasteiger partial charge in [0.25, 0.3) is 11.8 Å². The van der Waals surface area contributed by atoms with Gasteiger partial charge in [-0.15, -0.1) is 0 Å². The Morgan fingerprint density at radius 1 is 0.656 bits per heavy atom. The van der Waals surface area contributed by atoms with Gasteiger partial charge < -0.3 is 24.3 Å². The van der Waals surface area contributed by atoms with E-state index < -0.39 is 0 Å². The number of carbonyl (C=O) groups excluding carboxylic acids is 4. The van der Waals surface area contributed by atoms with Gasteiger partial charge in [-0.05, 0) is 18.2 Å². The normalized spacial score (nSPS) is 16.7. The average molecular weight is 445 g/mol. The van der Waals surface area contributed by atoms with Crippen LogP contribution in [0.2, 0.25) is 0 Å². The Labute approximate surface area is 188 Å². The van der Waals surface area contributed by atoms with E-state index in [0.29, 0.717) is 82.1 Å². The van der Waals surface area contributed by atoms with Crippen molar-refractivity contribution in [3.63, 3.8) is 0 Å². The van der Waals surface area contributed by atoms with E-state index in [9.17, 15) is 19.2 Å². The third-order valence-corrected chi connectivity index (χ3v) is 6.08. The Morgan fingerprint density at radius 2 is 1.00 bits per heavy atom. The van der Waals surface area contributed by atoms with Crippen LogP contribution in [0.15, 0.2) is 18.2 Å². The summed E-state index contributed by atoms with van der Waals surface area (Å²) in [5.74, 6) is 0.262. The second-order valence-corrected chi connectivity index (χ2v) is 8.00. The zero-order valence-corrected chi connectivity index (χ0v) is 19.1. The Hall–Kier alpha value is -3.10. The lowest BCUT2D eigenvalue weighted by Crippen LogP contribution is -2.51. The molecule has 0 spiro atoms. The van der Waals surface area contributed by atoms with Gasteiger partial charge in [0.2, 0.25) is 11.8 Å². The van der Waals surface area contributed by atoms with Crippen molar-refractivity contribution in [3.8, 4) is 5.75 Å². The first-order valence-corrected chi connectivity index (χ1v) is 11.2. The minimum atomic E-state index is -0.181. The topological polar surface area (TPSA) is 90.5 Å². The molecule has 2 aliphatic heterocycles. The lowest BCUT2D eigenvalue weighted by atomic mass is 10.1. The molecule has 9 heteroatoms. The number of hydrogen-bond acceptors (Lipinski definition) is 5. The predicted octanol–water partition coefficient (Wildman–Crippen LogP) is 1.08. The van der Waals surface area contributed by atoms with Crippen molar-refractivity contribution in [2.45, 2.75) is 26.7 Å². The second-order valence-electron chi connectivity index (χ2n) is 8.00. The van der Waals surface area contributed by atoms with Crippen LogP contribution in [-0.4, -0.2) is 103 Å². The van der Waals surface area contributed by atoms with Crippen LogP contribution in [0.3, 0.4) is 0 Å². The van der Waals surface area contributed by atoms with Gasteiger partial charge in [-0.2, -0.15) is 0 Å². The number of rotatable bonds is 5. The van der Waals surface area contributed by atoms with Crippen LogP contribution in [0.4, 0.5) is 0 Å². The molecule has 3 rings (SSSR count). The molecule has 1 aromatic rings. The molecule has 0 atom stereocenters. The molecule has 4 amide bonds. The van der Waals surface area contributed by atoms with Crippen molar-refractivity contribution in [3.05, 3.63) is 29.3 Å². The molecule has 0 aliphatic carbocycles. The molecule has 2 saturated heterocycles. The summed E-state index contributed by atoms with van der Waals surface area (Å²) in [5.41, 5.74) is 0.783. The molecule has 2 heterocycles. The first-order valence-electron chi connectivity index (χ1n) is 11.2. The summed E-state index contributed by atoms with van der Waals surface area (Å²) in [6.45, 7) is 7.52. The molecule has 2 fully saturated rings. The van der Waals surface area contributed by atoms with Crippen LogP contribution in [0, 0.1) is 0 Å². The van der Waals surface area contributed by atoms with Crippen molar-refractivity contribution in [2.75, 3.05) is 59.5 Å². The minimum absolute atomic E-state index is 0.0899. The standard InChI is InChI=1S/C23H32N4O5/c1-4-20(28)24-6-10-26(11-7-24)22(30)17-14-18(16-19(15-17)32-3)23(31)27-12-8-25(9-13-27)21(29)5-2/h14-16H,4-13H2,1-3H3. The van der Waals surface area contributed by atoms with Crippen molar-refractivity contribution in [1.82, 2.24) is 19.6 Å². The number of benzene rings is 1. The Morgan fingerprint density at radius 3 is 1.31 bits per heavy atom. The van der Waals surface area contributed by atoms with Gasteiger partial charge in [0.15, 0.2) is 0 Å². The van der Waals surface area contributed by atoms with E-state index in [1.807, 2.05) is 13.8 Å². The summed E-state index contributed by atoms with van der Waals surface area (Å²) < 4.78 is 5.35. The first kappa shape index (κ1) is 23.6. The number of ether oxygens (including phenoxy) is 1. The van der Waals surface area contributed by atoms with Crippen molar-refractivity contribution >= 4 is 23.6 Å². The van der Waals surface area contributed by atoms with Gasteiger partial charge in [-0.3, -0.25) is 19.2 Å². The van der Waals surface area contributed by atoms with Gasteiger partial charge in [0.05, 0.1) is 7.11 Å². The fraction of sp³-hybridized carbons (Fsp3) is 0.565. The van der Waals surface area contributed by atoms with Crippen molar-refractivity contribution in [1.29, 1.82) is 0 Å². The summed E-state index contributed by atoms with van der Waals surface area (Å²) in [4.78, 5) is 56.9. The van der Waals surface area contributed by atoms with E-state index in [1.54, 1.807) is 37.8 Å². The number of nitrogens with zero attached hydrogens (tertiary/aromatic N) is 4. The van der Waals surface area contributed by atoms with E-state index in [-0.39, 0.29) is 23.6 Å². The predicted molar refractivity (Wildman–Crippen MR) is 119 cm³/mol. The summed E-state index contributed by atoms with van der Waals surface area (Å²) >= 11 is 0. The van der Waals surface area contributed by atoms with Crippen LogP contribution in [0.25, 0.3) is 0 Å². The number of piperazine rings is 2. The van der Waals surface area contributed by atoms with E-state index in [1.165, 1.54) is 7.11 Å². The Balaban J connectivity index is 1.70. The van der Waals surface area contributed by atoms with Crippen LogP contribution < -0.4 is 4.74 Å². The second kappa shape index (κ2) is 10.5. The lowest BCUT2D eigenvalue weighted by Gasteiger charge is -2.35. The molecule has 1 aromatic carbocycles. The van der Waals surface area contributed by atoms with Gasteiger partial charge in [-0.1, -0.05) is 13.8 Å². The molecular formula is C23H32N4O5. The highest BCUT2D eigenvalue weighted by atomic mass is 16.5. The SMILES string of the molecule is CCC(=O)N1CCN(C(=O)c2cc(OC)cc(C(=O)N3CCN(C(=O)CC)CC3)c2)CC1. The molecule has 0 saturated carbocycles. The fourth-order valence-corrected chi connectivity index (χ4v) is 4.09. The molecule has 2 aliphatic rings. The highest BCUT2D eigenvalue weighted by molar-refractivity contribution is 6.00. The Bertz CT molecular complexity index is 805. The summed E-state index contributed by atoms with van der Waals surface area (Å²) in [6, 6.07) is 4.89. The zero-order valence-electron chi connectivity index (χ0n) is 19.1. The zero-order chi connectivity index (χ0) is 23.3. The maximum Gasteiger partial charge on any atom is 0.254 e. The van der Waals surface area contributed by atoms with Crippen LogP contribution in [0.5, 0.6) is 5.75 Å². The maximum absolute atomic E-state index is 13.1. The Kier molecular flexibility index (Phi) is 7.71. The molecule has 0 bridgehead atoms. The average Bonchev–Trinajstić information content (AvgIpc) is 2.86. The highest BCUT2D eigenvalue weighted by Gasteiger charge is 2.27. The lowest BCUT2D eigenvalue weighted by molar-refractivity contribution is -0.133. The molecule has 0 unspecified atom stereocenters. The van der Waals surface area contributed by atoms with Crippen LogP contribution in [0.1, 0.15) is 47.4 Å². The third-order valence-electron chi connectivity index (χ3n) is 6.08. The molecule has 0 radical (unpaired) electrons. The number of methoxy groups -OCH3 is 1. The van der Waals surface area contributed by atoms with E-state index in [2.05, 4.69) is 0 Å². The molecule has 9 nitrogen and oxygen atoms in total. The minimum Gasteiger partial charge on any atom is -0.497 e. The van der Waals surface area contributed by atoms with E-state index in [0.717, 1.165) is 0 Å². The molecule has 0 aromatic heterocycles. The number of amides is 4. The molecule has 32 heavy (non-hydrogen) atoms. The quantitative estimate of drug-likeness (QED) is 0.678. The first-order chi connectivity index (χ1) is 15.4. The number of hydrogen-bond donors (Lipinski definition) is 0. The van der Waals surface area contributed by atoms with Gasteiger partial charge in [0, 0.05) is 76.3 Å². The number of carbonyl (C=O) groups is 4. The molecule has 0 N–H and O–H groups in total. The highest BCUT2D eigenvalue weighted by Crippen LogP contribution is 2.21. The van der Waals surface area contributed by atoms with Gasteiger partial charge in [-0.25, -0.2) is 0 Å². The summed E-state index contributed by atoms with van der Waals surface area (Å²) in [5, 5.41) is 0. The van der Waals surface area contributed by atoms with Crippen LogP contribution in [-0.2, 0) is 9.59 Å². The smallest absolute Gasteiger partial charge is 0.254 e. The van der Waals surface area contributed by atoms with E-state index in [4.69, 9.17) is 4.74 Å². The maximum atomic E-state index is 13.1.